The molecule has 1 aromatic heterocycles. The molecular formula is C23H39IN2. The molecule has 0 aromatic carbocycles. The van der Waals surface area contributed by atoms with Crippen molar-refractivity contribution in [1.82, 2.24) is 4.90 Å². The van der Waals surface area contributed by atoms with E-state index in [1.54, 1.807) is 11.1 Å². The number of likely N-dealkylation sites (tertiary alicyclic amines) is 1. The summed E-state index contributed by atoms with van der Waals surface area (Å²) in [6.45, 7) is 4.77. The molecule has 2 nitrogen and oxygen atoms in total. The Labute approximate surface area is 178 Å². The fourth-order valence-corrected chi connectivity index (χ4v) is 4.99. The van der Waals surface area contributed by atoms with Crippen LogP contribution in [0.5, 0.6) is 0 Å². The van der Waals surface area contributed by atoms with Crippen LogP contribution < -0.4 is 28.5 Å². The average Bonchev–Trinajstić information content (AvgIpc) is 3.02. The summed E-state index contributed by atoms with van der Waals surface area (Å²) < 4.78 is 2.47. The van der Waals surface area contributed by atoms with Gasteiger partial charge in [-0.15, -0.1) is 0 Å². The van der Waals surface area contributed by atoms with Gasteiger partial charge in [-0.25, -0.2) is 4.57 Å². The molecule has 3 rings (SSSR count). The van der Waals surface area contributed by atoms with E-state index in [1.807, 2.05) is 0 Å². The molecule has 0 radical (unpaired) electrons. The van der Waals surface area contributed by atoms with Gasteiger partial charge in [0, 0.05) is 24.1 Å². The van der Waals surface area contributed by atoms with E-state index in [1.165, 1.54) is 90.1 Å². The minimum atomic E-state index is 0. The van der Waals surface area contributed by atoms with E-state index in [4.69, 9.17) is 0 Å². The van der Waals surface area contributed by atoms with Crippen molar-refractivity contribution in [3.8, 4) is 0 Å². The molecule has 2 aliphatic rings. The van der Waals surface area contributed by atoms with Crippen LogP contribution in [0.25, 0.3) is 0 Å². The second kappa shape index (κ2) is 11.6. The third-order valence-corrected chi connectivity index (χ3v) is 6.54. The van der Waals surface area contributed by atoms with Crippen LogP contribution in [0.1, 0.15) is 94.7 Å². The van der Waals surface area contributed by atoms with Crippen molar-refractivity contribution in [2.45, 2.75) is 96.6 Å². The monoisotopic (exact) mass is 470 g/mol. The lowest BCUT2D eigenvalue weighted by Crippen LogP contribution is -3.00. The Morgan fingerprint density at radius 2 is 1.69 bits per heavy atom. The Kier molecular flexibility index (Phi) is 9.90. The van der Waals surface area contributed by atoms with Gasteiger partial charge in [0.2, 0.25) is 0 Å². The van der Waals surface area contributed by atoms with Crippen LogP contribution in [-0.4, -0.2) is 18.5 Å². The second-order valence-electron chi connectivity index (χ2n) is 8.50. The van der Waals surface area contributed by atoms with Crippen LogP contribution in [-0.2, 0) is 13.0 Å². The molecule has 1 saturated heterocycles. The molecule has 0 N–H and O–H groups in total. The summed E-state index contributed by atoms with van der Waals surface area (Å²) in [5, 5.41) is 0. The smallest absolute Gasteiger partial charge is 0.173 e. The maximum absolute atomic E-state index is 2.59. The second-order valence-corrected chi connectivity index (χ2v) is 8.50. The standard InChI is InChI=1S/C23H39N2.HI/c1-3-4-5-6-7-8-9-10-11-16-25-18-15-20-12-13-21-14-17-24(2)23(21)22(20)19-25;/h15,18-19,21,23H,3-14,16-17H2,1-2H3;1H/q+1;/p-1/t21-,23+;/m0./s1. The van der Waals surface area contributed by atoms with Gasteiger partial charge in [0.1, 0.15) is 6.54 Å². The first-order valence-corrected chi connectivity index (χ1v) is 11.0. The predicted octanol–water partition coefficient (Wildman–Crippen LogP) is 2.45. The summed E-state index contributed by atoms with van der Waals surface area (Å²) in [5.74, 6) is 0.904. The first kappa shape index (κ1) is 22.1. The number of hydrogen-bond donors (Lipinski definition) is 0. The lowest BCUT2D eigenvalue weighted by molar-refractivity contribution is -0.698. The Bertz CT molecular complexity index is 531. The number of pyridine rings is 1. The van der Waals surface area contributed by atoms with Crippen LogP contribution >= 0.6 is 0 Å². The first-order chi connectivity index (χ1) is 12.3. The van der Waals surface area contributed by atoms with Crippen LogP contribution in [0.2, 0.25) is 0 Å². The molecule has 2 heterocycles. The fourth-order valence-electron chi connectivity index (χ4n) is 4.99. The van der Waals surface area contributed by atoms with Crippen molar-refractivity contribution < 1.29 is 28.5 Å². The summed E-state index contributed by atoms with van der Waals surface area (Å²) in [5.41, 5.74) is 3.24. The molecule has 0 spiro atoms. The highest BCUT2D eigenvalue weighted by Crippen LogP contribution is 2.43. The highest BCUT2D eigenvalue weighted by atomic mass is 127. The van der Waals surface area contributed by atoms with Crippen LogP contribution in [0, 0.1) is 5.92 Å². The minimum absolute atomic E-state index is 0. The SMILES string of the molecule is CCCCCCCCCCC[n+]1ccc2c(c1)[C@H]1[C@@H](CC2)CCN1C.[I-]. The van der Waals surface area contributed by atoms with Gasteiger partial charge in [-0.1, -0.05) is 51.9 Å². The molecule has 0 unspecified atom stereocenters. The third-order valence-electron chi connectivity index (χ3n) is 6.54. The first-order valence-electron chi connectivity index (χ1n) is 11.0. The van der Waals surface area contributed by atoms with E-state index >= 15 is 0 Å². The van der Waals surface area contributed by atoms with Crippen molar-refractivity contribution in [1.29, 1.82) is 0 Å². The van der Waals surface area contributed by atoms with Crippen molar-refractivity contribution in [2.24, 2.45) is 5.92 Å². The van der Waals surface area contributed by atoms with Crippen molar-refractivity contribution >= 4 is 0 Å². The van der Waals surface area contributed by atoms with Gasteiger partial charge in [-0.3, -0.25) is 4.90 Å². The van der Waals surface area contributed by atoms with Gasteiger partial charge in [-0.2, -0.15) is 0 Å². The van der Waals surface area contributed by atoms with E-state index in [0.717, 1.165) is 5.92 Å². The molecule has 0 bridgehead atoms. The van der Waals surface area contributed by atoms with Gasteiger partial charge < -0.3 is 24.0 Å². The van der Waals surface area contributed by atoms with Crippen molar-refractivity contribution in [3.05, 3.63) is 29.6 Å². The summed E-state index contributed by atoms with van der Waals surface area (Å²) in [6.07, 6.45) is 21.6. The maximum atomic E-state index is 2.59. The molecule has 1 aliphatic heterocycles. The number of unbranched alkanes of at least 4 members (excludes halogenated alkanes) is 8. The maximum Gasteiger partial charge on any atom is 0.173 e. The molecule has 0 saturated carbocycles. The topological polar surface area (TPSA) is 7.12 Å². The van der Waals surface area contributed by atoms with E-state index in [0.29, 0.717) is 6.04 Å². The van der Waals surface area contributed by atoms with Crippen molar-refractivity contribution in [3.63, 3.8) is 0 Å². The highest BCUT2D eigenvalue weighted by Gasteiger charge is 2.38. The summed E-state index contributed by atoms with van der Waals surface area (Å²) in [4.78, 5) is 2.59. The normalized spacial score (nSPS) is 21.9. The summed E-state index contributed by atoms with van der Waals surface area (Å²) in [6, 6.07) is 3.10. The molecule has 1 aromatic rings. The zero-order chi connectivity index (χ0) is 17.5. The average molecular weight is 470 g/mol. The molecule has 1 fully saturated rings. The molecule has 26 heavy (non-hydrogen) atoms. The predicted molar refractivity (Wildman–Crippen MR) is 106 cm³/mol. The van der Waals surface area contributed by atoms with Crippen LogP contribution in [0.3, 0.4) is 0 Å². The Balaban J connectivity index is 0.00000243. The summed E-state index contributed by atoms with van der Waals surface area (Å²) >= 11 is 0. The molecule has 0 amide bonds. The van der Waals surface area contributed by atoms with E-state index < -0.39 is 0 Å². The number of aryl methyl sites for hydroxylation is 2. The van der Waals surface area contributed by atoms with Gasteiger partial charge in [0.05, 0.1) is 0 Å². The minimum Gasteiger partial charge on any atom is -1.00 e. The molecule has 148 valence electrons. The fraction of sp³-hybridized carbons (Fsp3) is 0.783. The number of fused-ring (bicyclic) bond motifs is 3. The van der Waals surface area contributed by atoms with Gasteiger partial charge in [0.15, 0.2) is 12.4 Å². The molecule has 1 aliphatic carbocycles. The largest absolute Gasteiger partial charge is 1.00 e. The highest BCUT2D eigenvalue weighted by molar-refractivity contribution is 5.29. The van der Waals surface area contributed by atoms with Gasteiger partial charge >= 0.3 is 0 Å². The molecule has 3 heteroatoms. The van der Waals surface area contributed by atoms with E-state index in [2.05, 4.69) is 41.9 Å². The lowest BCUT2D eigenvalue weighted by Gasteiger charge is -2.30. The van der Waals surface area contributed by atoms with Crippen LogP contribution in [0.15, 0.2) is 18.5 Å². The zero-order valence-electron chi connectivity index (χ0n) is 17.1. The third kappa shape index (κ3) is 5.92. The lowest BCUT2D eigenvalue weighted by atomic mass is 9.81. The quantitative estimate of drug-likeness (QED) is 0.290. The number of aromatic nitrogens is 1. The number of hydrogen-bond acceptors (Lipinski definition) is 1. The Hall–Kier alpha value is -0.160. The van der Waals surface area contributed by atoms with Gasteiger partial charge in [0.25, 0.3) is 0 Å². The summed E-state index contributed by atoms with van der Waals surface area (Å²) in [7, 11) is 2.32. The van der Waals surface area contributed by atoms with Crippen LogP contribution in [0.4, 0.5) is 0 Å². The number of rotatable bonds is 10. The van der Waals surface area contributed by atoms with Crippen molar-refractivity contribution in [2.75, 3.05) is 13.6 Å². The van der Waals surface area contributed by atoms with E-state index in [9.17, 15) is 0 Å². The molecule has 2 atom stereocenters. The van der Waals surface area contributed by atoms with E-state index in [-0.39, 0.29) is 24.0 Å². The zero-order valence-corrected chi connectivity index (χ0v) is 19.2. The Morgan fingerprint density at radius 3 is 2.42 bits per heavy atom. The van der Waals surface area contributed by atoms with Gasteiger partial charge in [-0.05, 0) is 50.8 Å². The molecular weight excluding hydrogens is 431 g/mol. The number of nitrogens with zero attached hydrogens (tertiary/aromatic N) is 2. The Morgan fingerprint density at radius 1 is 1.00 bits per heavy atom. The number of halogens is 1.